The number of carbonyl (C=O) groups excluding carboxylic acids is 3. The van der Waals surface area contributed by atoms with Crippen LogP contribution >= 0.6 is 0 Å². The van der Waals surface area contributed by atoms with E-state index in [4.69, 9.17) is 9.47 Å². The van der Waals surface area contributed by atoms with E-state index >= 15 is 0 Å². The van der Waals surface area contributed by atoms with Gasteiger partial charge >= 0.3 is 5.97 Å². The maximum absolute atomic E-state index is 12.6. The third kappa shape index (κ3) is 6.58. The number of ether oxygens (including phenoxy) is 2. The smallest absolute Gasteiger partial charge is 0.343 e. The lowest BCUT2D eigenvalue weighted by Crippen LogP contribution is -2.34. The Kier molecular flexibility index (Phi) is 8.23. The van der Waals surface area contributed by atoms with Gasteiger partial charge in [0, 0.05) is 11.1 Å². The van der Waals surface area contributed by atoms with Crippen LogP contribution in [0.3, 0.4) is 0 Å². The van der Waals surface area contributed by atoms with E-state index in [9.17, 15) is 14.4 Å². The first kappa shape index (κ1) is 25.1. The van der Waals surface area contributed by atoms with Crippen molar-refractivity contribution in [2.45, 2.75) is 6.92 Å². The molecule has 0 aliphatic heterocycles. The molecule has 0 saturated carbocycles. The van der Waals surface area contributed by atoms with E-state index < -0.39 is 17.8 Å². The van der Waals surface area contributed by atoms with Crippen molar-refractivity contribution in [2.24, 2.45) is 5.10 Å². The van der Waals surface area contributed by atoms with E-state index in [0.29, 0.717) is 34.8 Å². The molecule has 0 radical (unpaired) electrons. The SMILES string of the molecule is CCOc1ccc(C(=O)NCC(=O)N/N=C/c2c(OC(=O)c3ccccc3)ccc3ccccc23)cc1. The number of benzene rings is 4. The van der Waals surface area contributed by atoms with E-state index in [1.165, 1.54) is 6.21 Å². The van der Waals surface area contributed by atoms with Crippen molar-refractivity contribution in [1.82, 2.24) is 10.7 Å². The minimum absolute atomic E-state index is 0.269. The molecule has 186 valence electrons. The summed E-state index contributed by atoms with van der Waals surface area (Å²) in [4.78, 5) is 37.2. The number of fused-ring (bicyclic) bond motifs is 1. The highest BCUT2D eigenvalue weighted by molar-refractivity contribution is 6.04. The first-order valence-electron chi connectivity index (χ1n) is 11.7. The van der Waals surface area contributed by atoms with Gasteiger partial charge in [-0.1, -0.05) is 48.5 Å². The Hall–Kier alpha value is -4.98. The zero-order valence-electron chi connectivity index (χ0n) is 20.1. The van der Waals surface area contributed by atoms with Gasteiger partial charge in [0.25, 0.3) is 11.8 Å². The molecule has 0 atom stereocenters. The normalized spacial score (nSPS) is 10.7. The van der Waals surface area contributed by atoms with Crippen molar-refractivity contribution in [3.8, 4) is 11.5 Å². The zero-order valence-corrected chi connectivity index (χ0v) is 20.1. The second-order valence-corrected chi connectivity index (χ2v) is 7.89. The molecule has 2 N–H and O–H groups in total. The summed E-state index contributed by atoms with van der Waals surface area (Å²) in [5, 5.41) is 8.29. The number of esters is 1. The van der Waals surface area contributed by atoms with Gasteiger partial charge in [0.2, 0.25) is 0 Å². The maximum Gasteiger partial charge on any atom is 0.343 e. The van der Waals surface area contributed by atoms with Crippen LogP contribution in [0.25, 0.3) is 10.8 Å². The number of nitrogens with one attached hydrogen (secondary N) is 2. The van der Waals surface area contributed by atoms with E-state index in [2.05, 4.69) is 15.8 Å². The maximum atomic E-state index is 12.6. The third-order valence-electron chi connectivity index (χ3n) is 5.36. The van der Waals surface area contributed by atoms with E-state index in [0.717, 1.165) is 10.8 Å². The summed E-state index contributed by atoms with van der Waals surface area (Å²) in [5.41, 5.74) is 3.74. The first-order chi connectivity index (χ1) is 18.0. The molecule has 0 saturated heterocycles. The van der Waals surface area contributed by atoms with Gasteiger partial charge in [0.05, 0.1) is 24.9 Å². The third-order valence-corrected chi connectivity index (χ3v) is 5.36. The topological polar surface area (TPSA) is 106 Å². The van der Waals surface area contributed by atoms with Crippen LogP contribution in [0.1, 0.15) is 33.2 Å². The highest BCUT2D eigenvalue weighted by Gasteiger charge is 2.13. The molecular weight excluding hydrogens is 470 g/mol. The van der Waals surface area contributed by atoms with Crippen LogP contribution in [0, 0.1) is 0 Å². The average Bonchev–Trinajstić information content (AvgIpc) is 2.93. The van der Waals surface area contributed by atoms with Crippen LogP contribution in [0.15, 0.2) is 96.1 Å². The molecule has 4 aromatic carbocycles. The van der Waals surface area contributed by atoms with Crippen LogP contribution in [-0.2, 0) is 4.79 Å². The summed E-state index contributed by atoms with van der Waals surface area (Å²) < 4.78 is 11.0. The van der Waals surface area contributed by atoms with Gasteiger partial charge in [-0.15, -0.1) is 0 Å². The summed E-state index contributed by atoms with van der Waals surface area (Å²) in [6.45, 7) is 2.14. The van der Waals surface area contributed by atoms with Gasteiger partial charge in [0.15, 0.2) is 0 Å². The Balaban J connectivity index is 1.42. The molecule has 8 nitrogen and oxygen atoms in total. The predicted molar refractivity (Wildman–Crippen MR) is 141 cm³/mol. The number of hydrazone groups is 1. The Morgan fingerprint density at radius 2 is 1.57 bits per heavy atom. The monoisotopic (exact) mass is 495 g/mol. The van der Waals surface area contributed by atoms with Gasteiger partial charge in [-0.3, -0.25) is 9.59 Å². The van der Waals surface area contributed by atoms with Crippen molar-refractivity contribution < 1.29 is 23.9 Å². The van der Waals surface area contributed by atoms with E-state index in [-0.39, 0.29) is 6.54 Å². The molecule has 0 bridgehead atoms. The van der Waals surface area contributed by atoms with Gasteiger partial charge in [0.1, 0.15) is 11.5 Å². The zero-order chi connectivity index (χ0) is 26.0. The van der Waals surface area contributed by atoms with Crippen molar-refractivity contribution in [1.29, 1.82) is 0 Å². The first-order valence-corrected chi connectivity index (χ1v) is 11.7. The molecule has 4 aromatic rings. The van der Waals surface area contributed by atoms with Gasteiger partial charge in [-0.25, -0.2) is 10.2 Å². The minimum Gasteiger partial charge on any atom is -0.494 e. The summed E-state index contributed by atoms with van der Waals surface area (Å²) in [6, 6.07) is 26.3. The molecular formula is C29H25N3O5. The quantitative estimate of drug-likeness (QED) is 0.156. The second kappa shape index (κ2) is 12.1. The Labute approximate surface area is 213 Å². The Morgan fingerprint density at radius 3 is 2.32 bits per heavy atom. The molecule has 0 aromatic heterocycles. The fourth-order valence-electron chi connectivity index (χ4n) is 3.57. The molecule has 0 heterocycles. The number of nitrogens with zero attached hydrogens (tertiary/aromatic N) is 1. The molecule has 0 aliphatic rings. The molecule has 4 rings (SSSR count). The number of amides is 2. The number of carbonyl (C=O) groups is 3. The molecule has 37 heavy (non-hydrogen) atoms. The van der Waals surface area contributed by atoms with Gasteiger partial charge in [-0.2, -0.15) is 5.10 Å². The lowest BCUT2D eigenvalue weighted by atomic mass is 10.0. The fourth-order valence-corrected chi connectivity index (χ4v) is 3.57. The summed E-state index contributed by atoms with van der Waals surface area (Å²) in [7, 11) is 0. The van der Waals surface area contributed by atoms with Crippen LogP contribution in [0.4, 0.5) is 0 Å². The lowest BCUT2D eigenvalue weighted by molar-refractivity contribution is -0.120. The average molecular weight is 496 g/mol. The largest absolute Gasteiger partial charge is 0.494 e. The summed E-state index contributed by atoms with van der Waals surface area (Å²) >= 11 is 0. The van der Waals surface area contributed by atoms with Gasteiger partial charge in [-0.05, 0) is 60.2 Å². The van der Waals surface area contributed by atoms with E-state index in [1.54, 1.807) is 54.6 Å². The minimum atomic E-state index is -0.515. The van der Waals surface area contributed by atoms with Crippen molar-refractivity contribution in [2.75, 3.05) is 13.2 Å². The molecule has 0 unspecified atom stereocenters. The number of hydrogen-bond donors (Lipinski definition) is 2. The van der Waals surface area contributed by atoms with E-state index in [1.807, 2.05) is 43.3 Å². The molecule has 0 aliphatic carbocycles. The molecule has 2 amide bonds. The van der Waals surface area contributed by atoms with Crippen molar-refractivity contribution >= 4 is 34.8 Å². The van der Waals surface area contributed by atoms with Crippen LogP contribution in [-0.4, -0.2) is 37.1 Å². The van der Waals surface area contributed by atoms with Crippen LogP contribution in [0.2, 0.25) is 0 Å². The molecule has 0 spiro atoms. The Morgan fingerprint density at radius 1 is 0.838 bits per heavy atom. The number of rotatable bonds is 9. The molecule has 8 heteroatoms. The summed E-state index contributed by atoms with van der Waals surface area (Å²) in [6.07, 6.45) is 1.42. The predicted octanol–water partition coefficient (Wildman–Crippen LogP) is 4.34. The molecule has 0 fully saturated rings. The fraction of sp³-hybridized carbons (Fsp3) is 0.103. The standard InChI is InChI=1S/C29H25N3O5/c1-2-36-23-15-12-21(13-16-23)28(34)30-19-27(33)32-31-18-25-24-11-7-6-8-20(24)14-17-26(25)37-29(35)22-9-4-3-5-10-22/h3-18H,2,19H2,1H3,(H,30,34)(H,32,33)/b31-18+. The van der Waals surface area contributed by atoms with Crippen LogP contribution in [0.5, 0.6) is 11.5 Å². The highest BCUT2D eigenvalue weighted by Crippen LogP contribution is 2.27. The second-order valence-electron chi connectivity index (χ2n) is 7.89. The highest BCUT2D eigenvalue weighted by atomic mass is 16.5. The summed E-state index contributed by atoms with van der Waals surface area (Å²) in [5.74, 6) is -0.459. The number of hydrogen-bond acceptors (Lipinski definition) is 6. The van der Waals surface area contributed by atoms with Crippen molar-refractivity contribution in [3.63, 3.8) is 0 Å². The van der Waals surface area contributed by atoms with Gasteiger partial charge < -0.3 is 14.8 Å². The Bertz CT molecular complexity index is 1430. The lowest BCUT2D eigenvalue weighted by Gasteiger charge is -2.10. The van der Waals surface area contributed by atoms with Crippen LogP contribution < -0.4 is 20.2 Å². The van der Waals surface area contributed by atoms with Crippen molar-refractivity contribution in [3.05, 3.63) is 108 Å².